The summed E-state index contributed by atoms with van der Waals surface area (Å²) in [6.45, 7) is 8.03. The van der Waals surface area contributed by atoms with E-state index in [-0.39, 0.29) is 0 Å². The molecule has 2 nitrogen and oxygen atoms in total. The lowest BCUT2D eigenvalue weighted by Crippen LogP contribution is -2.53. The van der Waals surface area contributed by atoms with E-state index < -0.39 is 0 Å². The van der Waals surface area contributed by atoms with Crippen molar-refractivity contribution in [2.45, 2.75) is 39.3 Å². The van der Waals surface area contributed by atoms with Crippen molar-refractivity contribution in [3.63, 3.8) is 0 Å². The fourth-order valence-electron chi connectivity index (χ4n) is 3.00. The molecule has 1 N–H and O–H groups in total. The molecule has 3 heteroatoms. The fourth-order valence-corrected chi connectivity index (χ4v) is 3.35. The lowest BCUT2D eigenvalue weighted by Gasteiger charge is -2.44. The normalized spacial score (nSPS) is 28.5. The number of piperidine rings is 1. The van der Waals surface area contributed by atoms with Gasteiger partial charge >= 0.3 is 0 Å². The van der Waals surface area contributed by atoms with Crippen molar-refractivity contribution in [1.82, 2.24) is 5.32 Å². The standard InChI is InChI=1S/C15H23BrN2/c1-10-5-6-13(16)9-15(10)18-8-7-14(17-4)11(2)12(18)3/h5-6,9,11-12,14,17H,7-8H2,1-4H3. The molecule has 0 amide bonds. The van der Waals surface area contributed by atoms with E-state index >= 15 is 0 Å². The first-order chi connectivity index (χ1) is 8.54. The van der Waals surface area contributed by atoms with Crippen LogP contribution < -0.4 is 10.2 Å². The van der Waals surface area contributed by atoms with E-state index in [9.17, 15) is 0 Å². The highest BCUT2D eigenvalue weighted by Crippen LogP contribution is 2.32. The summed E-state index contributed by atoms with van der Waals surface area (Å²) in [4.78, 5) is 2.55. The lowest BCUT2D eigenvalue weighted by molar-refractivity contribution is 0.282. The predicted octanol–water partition coefficient (Wildman–Crippen LogP) is 3.58. The first-order valence-corrected chi connectivity index (χ1v) is 7.54. The van der Waals surface area contributed by atoms with Gasteiger partial charge in [0.15, 0.2) is 0 Å². The predicted molar refractivity (Wildman–Crippen MR) is 82.3 cm³/mol. The Kier molecular flexibility index (Phi) is 4.33. The number of anilines is 1. The van der Waals surface area contributed by atoms with Gasteiger partial charge in [0.1, 0.15) is 0 Å². The van der Waals surface area contributed by atoms with Gasteiger partial charge in [0.25, 0.3) is 0 Å². The van der Waals surface area contributed by atoms with Crippen LogP contribution in [0.4, 0.5) is 5.69 Å². The van der Waals surface area contributed by atoms with Crippen molar-refractivity contribution < 1.29 is 0 Å². The number of halogens is 1. The molecule has 3 unspecified atom stereocenters. The number of hydrogen-bond donors (Lipinski definition) is 1. The third-order valence-electron chi connectivity index (χ3n) is 4.42. The van der Waals surface area contributed by atoms with Gasteiger partial charge in [0.05, 0.1) is 0 Å². The van der Waals surface area contributed by atoms with Crippen LogP contribution in [0.5, 0.6) is 0 Å². The second kappa shape index (κ2) is 5.62. The van der Waals surface area contributed by atoms with E-state index in [4.69, 9.17) is 0 Å². The molecular formula is C15H23BrN2. The molecule has 1 saturated heterocycles. The van der Waals surface area contributed by atoms with E-state index in [1.165, 1.54) is 22.1 Å². The summed E-state index contributed by atoms with van der Waals surface area (Å²) < 4.78 is 1.17. The van der Waals surface area contributed by atoms with Crippen LogP contribution in [0.1, 0.15) is 25.8 Å². The summed E-state index contributed by atoms with van der Waals surface area (Å²) in [6, 6.07) is 7.78. The third kappa shape index (κ3) is 2.57. The SMILES string of the molecule is CNC1CCN(c2cc(Br)ccc2C)C(C)C1C. The van der Waals surface area contributed by atoms with Gasteiger partial charge < -0.3 is 10.2 Å². The largest absolute Gasteiger partial charge is 0.368 e. The molecular weight excluding hydrogens is 288 g/mol. The van der Waals surface area contributed by atoms with Gasteiger partial charge in [-0.05, 0) is 50.9 Å². The smallest absolute Gasteiger partial charge is 0.0409 e. The summed E-state index contributed by atoms with van der Waals surface area (Å²) in [6.07, 6.45) is 1.22. The second-order valence-electron chi connectivity index (χ2n) is 5.41. The zero-order valence-corrected chi connectivity index (χ0v) is 13.3. The molecule has 18 heavy (non-hydrogen) atoms. The van der Waals surface area contributed by atoms with Gasteiger partial charge in [-0.25, -0.2) is 0 Å². The van der Waals surface area contributed by atoms with E-state index in [0.717, 1.165) is 6.54 Å². The maximum Gasteiger partial charge on any atom is 0.0409 e. The van der Waals surface area contributed by atoms with Gasteiger partial charge in [-0.15, -0.1) is 0 Å². The van der Waals surface area contributed by atoms with E-state index in [1.54, 1.807) is 0 Å². The summed E-state index contributed by atoms with van der Waals surface area (Å²) >= 11 is 3.58. The second-order valence-corrected chi connectivity index (χ2v) is 6.32. The summed E-state index contributed by atoms with van der Waals surface area (Å²) in [5, 5.41) is 3.45. The van der Waals surface area contributed by atoms with E-state index in [1.807, 2.05) is 0 Å². The van der Waals surface area contributed by atoms with Crippen LogP contribution in [0.15, 0.2) is 22.7 Å². The first kappa shape index (κ1) is 13.9. The van der Waals surface area contributed by atoms with Crippen LogP contribution in [0.3, 0.4) is 0 Å². The number of nitrogens with zero attached hydrogens (tertiary/aromatic N) is 1. The number of hydrogen-bond acceptors (Lipinski definition) is 2. The van der Waals surface area contributed by atoms with Crippen molar-refractivity contribution in [3.8, 4) is 0 Å². The summed E-state index contributed by atoms with van der Waals surface area (Å²) in [5.74, 6) is 0.669. The molecule has 0 saturated carbocycles. The van der Waals surface area contributed by atoms with Crippen molar-refractivity contribution in [2.24, 2.45) is 5.92 Å². The maximum absolute atomic E-state index is 3.58. The van der Waals surface area contributed by atoms with Crippen molar-refractivity contribution in [3.05, 3.63) is 28.2 Å². The average molecular weight is 311 g/mol. The maximum atomic E-state index is 3.58. The average Bonchev–Trinajstić information content (AvgIpc) is 2.36. The Morgan fingerprint density at radius 2 is 2.06 bits per heavy atom. The van der Waals surface area contributed by atoms with E-state index in [0.29, 0.717) is 18.0 Å². The third-order valence-corrected chi connectivity index (χ3v) is 4.91. The summed E-state index contributed by atoms with van der Waals surface area (Å²) in [7, 11) is 2.08. The topological polar surface area (TPSA) is 15.3 Å². The minimum atomic E-state index is 0.573. The fraction of sp³-hybridized carbons (Fsp3) is 0.600. The molecule has 3 atom stereocenters. The zero-order valence-electron chi connectivity index (χ0n) is 11.7. The molecule has 0 bridgehead atoms. The quantitative estimate of drug-likeness (QED) is 0.898. The van der Waals surface area contributed by atoms with Crippen LogP contribution in [-0.4, -0.2) is 25.7 Å². The van der Waals surface area contributed by atoms with Gasteiger partial charge in [-0.2, -0.15) is 0 Å². The number of nitrogens with one attached hydrogen (secondary N) is 1. The Labute approximate surface area is 119 Å². The molecule has 0 spiro atoms. The minimum absolute atomic E-state index is 0.573. The first-order valence-electron chi connectivity index (χ1n) is 6.74. The van der Waals surface area contributed by atoms with Gasteiger partial charge in [0.2, 0.25) is 0 Å². The molecule has 1 aromatic rings. The highest BCUT2D eigenvalue weighted by Gasteiger charge is 2.32. The van der Waals surface area contributed by atoms with Crippen molar-refractivity contribution in [2.75, 3.05) is 18.5 Å². The number of rotatable bonds is 2. The van der Waals surface area contributed by atoms with Crippen LogP contribution in [-0.2, 0) is 0 Å². The monoisotopic (exact) mass is 310 g/mol. The van der Waals surface area contributed by atoms with Crippen molar-refractivity contribution >= 4 is 21.6 Å². The zero-order chi connectivity index (χ0) is 13.3. The van der Waals surface area contributed by atoms with Crippen LogP contribution in [0.25, 0.3) is 0 Å². The van der Waals surface area contributed by atoms with E-state index in [2.05, 4.69) is 72.2 Å². The molecule has 0 radical (unpaired) electrons. The molecule has 1 heterocycles. The van der Waals surface area contributed by atoms with Crippen LogP contribution in [0, 0.1) is 12.8 Å². The Morgan fingerprint density at radius 1 is 1.33 bits per heavy atom. The molecule has 100 valence electrons. The highest BCUT2D eigenvalue weighted by molar-refractivity contribution is 9.10. The lowest BCUT2D eigenvalue weighted by atomic mass is 9.86. The Bertz CT molecular complexity index is 419. The molecule has 2 rings (SSSR count). The molecule has 1 aromatic carbocycles. The molecule has 1 fully saturated rings. The van der Waals surface area contributed by atoms with Crippen LogP contribution in [0.2, 0.25) is 0 Å². The number of benzene rings is 1. The molecule has 0 aliphatic carbocycles. The Hall–Kier alpha value is -0.540. The van der Waals surface area contributed by atoms with Gasteiger partial charge in [-0.1, -0.05) is 28.9 Å². The molecule has 1 aliphatic heterocycles. The Morgan fingerprint density at radius 3 is 2.72 bits per heavy atom. The van der Waals surface area contributed by atoms with Crippen LogP contribution >= 0.6 is 15.9 Å². The minimum Gasteiger partial charge on any atom is -0.368 e. The summed E-state index contributed by atoms with van der Waals surface area (Å²) in [5.41, 5.74) is 2.73. The molecule has 0 aromatic heterocycles. The highest BCUT2D eigenvalue weighted by atomic mass is 79.9. The van der Waals surface area contributed by atoms with Gasteiger partial charge in [-0.3, -0.25) is 0 Å². The molecule has 1 aliphatic rings. The van der Waals surface area contributed by atoms with Crippen molar-refractivity contribution in [1.29, 1.82) is 0 Å². The Balaban J connectivity index is 2.26. The van der Waals surface area contributed by atoms with Gasteiger partial charge in [0, 0.05) is 28.8 Å². The number of aryl methyl sites for hydroxylation is 1.